The quantitative estimate of drug-likeness (QED) is 0.322. The third-order valence-corrected chi connectivity index (χ3v) is 5.46. The van der Waals surface area contributed by atoms with Crippen molar-refractivity contribution in [1.82, 2.24) is 15.5 Å². The minimum absolute atomic E-state index is 0. The SMILES string of the molecule is CC(NC(=NCC(=O)N(C)C)NC1CCN(c2cccc(Cl)c2)C1)c1ccccc1.I. The topological polar surface area (TPSA) is 60.0 Å². The van der Waals surface area contributed by atoms with Crippen LogP contribution in [-0.4, -0.2) is 56.5 Å². The number of rotatable bonds is 6. The number of carbonyl (C=O) groups is 1. The Hall–Kier alpha value is -2.00. The lowest BCUT2D eigenvalue weighted by Gasteiger charge is -2.23. The standard InChI is InChI=1S/C23H30ClN5O.HI/c1-17(18-8-5-4-6-9-18)26-23(25-15-22(30)28(2)3)27-20-12-13-29(16-20)21-11-7-10-19(24)14-21;/h4-11,14,17,20H,12-13,15-16H2,1-3H3,(H2,25,26,27);1H. The van der Waals surface area contributed by atoms with Crippen molar-refractivity contribution in [2.45, 2.75) is 25.4 Å². The van der Waals surface area contributed by atoms with Gasteiger partial charge in [-0.3, -0.25) is 4.79 Å². The van der Waals surface area contributed by atoms with Gasteiger partial charge in [0.15, 0.2) is 5.96 Å². The lowest BCUT2D eigenvalue weighted by atomic mass is 10.1. The summed E-state index contributed by atoms with van der Waals surface area (Å²) in [7, 11) is 3.48. The third-order valence-electron chi connectivity index (χ3n) is 5.23. The fraction of sp³-hybridized carbons (Fsp3) is 0.391. The maximum Gasteiger partial charge on any atom is 0.243 e. The number of halogens is 2. The molecule has 2 aromatic rings. The molecule has 2 aromatic carbocycles. The predicted molar refractivity (Wildman–Crippen MR) is 140 cm³/mol. The van der Waals surface area contributed by atoms with Gasteiger partial charge in [0.2, 0.25) is 5.91 Å². The smallest absolute Gasteiger partial charge is 0.243 e. The number of hydrogen-bond acceptors (Lipinski definition) is 3. The molecule has 6 nitrogen and oxygen atoms in total. The van der Waals surface area contributed by atoms with Crippen LogP contribution in [0.5, 0.6) is 0 Å². The van der Waals surface area contributed by atoms with Crippen molar-refractivity contribution in [2.75, 3.05) is 38.6 Å². The molecule has 31 heavy (non-hydrogen) atoms. The van der Waals surface area contributed by atoms with Crippen LogP contribution in [-0.2, 0) is 4.79 Å². The Labute approximate surface area is 207 Å². The summed E-state index contributed by atoms with van der Waals surface area (Å²) in [6.45, 7) is 3.99. The summed E-state index contributed by atoms with van der Waals surface area (Å²) < 4.78 is 0. The lowest BCUT2D eigenvalue weighted by molar-refractivity contribution is -0.127. The number of likely N-dealkylation sites (N-methyl/N-ethyl adjacent to an activating group) is 1. The Bertz CT molecular complexity index is 877. The second kappa shape index (κ2) is 12.1. The average molecular weight is 556 g/mol. The van der Waals surface area contributed by atoms with E-state index in [2.05, 4.69) is 45.6 Å². The number of anilines is 1. The molecule has 1 heterocycles. The van der Waals surface area contributed by atoms with Crippen molar-refractivity contribution >= 4 is 53.1 Å². The highest BCUT2D eigenvalue weighted by atomic mass is 127. The summed E-state index contributed by atoms with van der Waals surface area (Å²) in [6, 6.07) is 18.4. The molecule has 2 N–H and O–H groups in total. The van der Waals surface area contributed by atoms with Gasteiger partial charge in [0.25, 0.3) is 0 Å². The van der Waals surface area contributed by atoms with Gasteiger partial charge in [-0.05, 0) is 37.1 Å². The van der Waals surface area contributed by atoms with Gasteiger partial charge in [-0.2, -0.15) is 0 Å². The molecule has 1 aliphatic rings. The first-order valence-electron chi connectivity index (χ1n) is 10.3. The van der Waals surface area contributed by atoms with Gasteiger partial charge in [0, 0.05) is 43.9 Å². The summed E-state index contributed by atoms with van der Waals surface area (Å²) in [5, 5.41) is 7.71. The maximum atomic E-state index is 12.1. The lowest BCUT2D eigenvalue weighted by Crippen LogP contribution is -2.46. The molecule has 0 bridgehead atoms. The second-order valence-corrected chi connectivity index (χ2v) is 8.22. The Morgan fingerprint density at radius 1 is 1.23 bits per heavy atom. The fourth-order valence-electron chi connectivity index (χ4n) is 3.43. The van der Waals surface area contributed by atoms with E-state index in [1.807, 2.05) is 36.4 Å². The number of hydrogen-bond donors (Lipinski definition) is 2. The zero-order valence-electron chi connectivity index (χ0n) is 18.2. The highest BCUT2D eigenvalue weighted by Gasteiger charge is 2.24. The van der Waals surface area contributed by atoms with Crippen LogP contribution in [0.3, 0.4) is 0 Å². The molecular weight excluding hydrogens is 525 g/mol. The molecule has 0 spiro atoms. The fourth-order valence-corrected chi connectivity index (χ4v) is 3.61. The number of guanidine groups is 1. The van der Waals surface area contributed by atoms with Crippen molar-refractivity contribution < 1.29 is 4.79 Å². The zero-order chi connectivity index (χ0) is 21.5. The number of nitrogens with one attached hydrogen (secondary N) is 2. The molecule has 1 amide bonds. The molecule has 2 unspecified atom stereocenters. The van der Waals surface area contributed by atoms with Gasteiger partial charge < -0.3 is 20.4 Å². The summed E-state index contributed by atoms with van der Waals surface area (Å²) in [4.78, 5) is 20.5. The summed E-state index contributed by atoms with van der Waals surface area (Å²) in [5.74, 6) is 0.620. The Morgan fingerprint density at radius 3 is 2.65 bits per heavy atom. The summed E-state index contributed by atoms with van der Waals surface area (Å²) in [5.41, 5.74) is 2.29. The van der Waals surface area contributed by atoms with E-state index in [1.165, 1.54) is 0 Å². The Kier molecular flexibility index (Phi) is 9.90. The molecule has 1 fully saturated rings. The van der Waals surface area contributed by atoms with E-state index in [9.17, 15) is 4.79 Å². The van der Waals surface area contributed by atoms with Gasteiger partial charge in [0.05, 0.1) is 6.04 Å². The summed E-state index contributed by atoms with van der Waals surface area (Å²) in [6.07, 6.45) is 0.981. The van der Waals surface area contributed by atoms with Gasteiger partial charge in [-0.25, -0.2) is 4.99 Å². The molecule has 3 rings (SSSR count). The van der Waals surface area contributed by atoms with Crippen molar-refractivity contribution in [1.29, 1.82) is 0 Å². The van der Waals surface area contributed by atoms with Gasteiger partial charge >= 0.3 is 0 Å². The van der Waals surface area contributed by atoms with E-state index < -0.39 is 0 Å². The van der Waals surface area contributed by atoms with Crippen LogP contribution in [0.4, 0.5) is 5.69 Å². The molecule has 168 valence electrons. The summed E-state index contributed by atoms with van der Waals surface area (Å²) >= 11 is 6.15. The highest BCUT2D eigenvalue weighted by Crippen LogP contribution is 2.23. The number of nitrogens with zero attached hydrogens (tertiary/aromatic N) is 3. The molecule has 2 atom stereocenters. The highest BCUT2D eigenvalue weighted by molar-refractivity contribution is 14.0. The van der Waals surface area contributed by atoms with Crippen molar-refractivity contribution in [2.24, 2.45) is 4.99 Å². The van der Waals surface area contributed by atoms with Gasteiger partial charge in [0.1, 0.15) is 6.54 Å². The first kappa shape index (κ1) is 25.3. The van der Waals surface area contributed by atoms with Crippen LogP contribution in [0.1, 0.15) is 24.9 Å². The van der Waals surface area contributed by atoms with Crippen molar-refractivity contribution in [3.8, 4) is 0 Å². The van der Waals surface area contributed by atoms with Crippen LogP contribution in [0.15, 0.2) is 59.6 Å². The first-order chi connectivity index (χ1) is 14.4. The minimum atomic E-state index is -0.0320. The number of carbonyl (C=O) groups excluding carboxylic acids is 1. The molecular formula is C23H31ClIN5O. The van der Waals surface area contributed by atoms with E-state index in [0.29, 0.717) is 5.96 Å². The largest absolute Gasteiger partial charge is 0.369 e. The normalized spacial score (nSPS) is 17.0. The Morgan fingerprint density at radius 2 is 1.97 bits per heavy atom. The zero-order valence-corrected chi connectivity index (χ0v) is 21.3. The van der Waals surface area contributed by atoms with E-state index in [-0.39, 0.29) is 48.5 Å². The van der Waals surface area contributed by atoms with Crippen LogP contribution >= 0.6 is 35.6 Å². The van der Waals surface area contributed by atoms with Crippen LogP contribution in [0.25, 0.3) is 0 Å². The van der Waals surface area contributed by atoms with Crippen LogP contribution in [0.2, 0.25) is 5.02 Å². The molecule has 1 saturated heterocycles. The molecule has 8 heteroatoms. The van der Waals surface area contributed by atoms with Gasteiger partial charge in [-0.1, -0.05) is 48.0 Å². The predicted octanol–water partition coefficient (Wildman–Crippen LogP) is 3.92. The maximum absolute atomic E-state index is 12.1. The molecule has 0 aromatic heterocycles. The Balaban J connectivity index is 0.00000341. The molecule has 1 aliphatic heterocycles. The molecule has 0 radical (unpaired) electrons. The minimum Gasteiger partial charge on any atom is -0.369 e. The number of aliphatic imine (C=N–C) groups is 1. The van der Waals surface area contributed by atoms with Gasteiger partial charge in [-0.15, -0.1) is 24.0 Å². The molecule has 0 saturated carbocycles. The number of benzene rings is 2. The van der Waals surface area contributed by atoms with Crippen molar-refractivity contribution in [3.63, 3.8) is 0 Å². The average Bonchev–Trinajstić information content (AvgIpc) is 3.20. The van der Waals surface area contributed by atoms with Crippen molar-refractivity contribution in [3.05, 3.63) is 65.2 Å². The van der Waals surface area contributed by atoms with E-state index in [0.717, 1.165) is 35.8 Å². The van der Waals surface area contributed by atoms with E-state index >= 15 is 0 Å². The third kappa shape index (κ3) is 7.57. The van der Waals surface area contributed by atoms with Crippen LogP contribution < -0.4 is 15.5 Å². The second-order valence-electron chi connectivity index (χ2n) is 7.79. The van der Waals surface area contributed by atoms with E-state index in [4.69, 9.17) is 11.6 Å². The number of amides is 1. The van der Waals surface area contributed by atoms with Crippen LogP contribution in [0, 0.1) is 0 Å². The van der Waals surface area contributed by atoms with E-state index in [1.54, 1.807) is 19.0 Å². The monoisotopic (exact) mass is 555 g/mol. The first-order valence-corrected chi connectivity index (χ1v) is 10.6. The molecule has 0 aliphatic carbocycles.